The van der Waals surface area contributed by atoms with Crippen LogP contribution in [0.4, 0.5) is 0 Å². The number of ether oxygens (including phenoxy) is 1. The van der Waals surface area contributed by atoms with Gasteiger partial charge in [0.05, 0.1) is 6.04 Å². The van der Waals surface area contributed by atoms with E-state index < -0.39 is 12.1 Å². The van der Waals surface area contributed by atoms with Crippen molar-refractivity contribution in [1.29, 1.82) is 0 Å². The zero-order valence-electron chi connectivity index (χ0n) is 15.9. The number of amides is 1. The molecule has 1 aliphatic rings. The van der Waals surface area contributed by atoms with Crippen molar-refractivity contribution in [2.75, 3.05) is 13.1 Å². The summed E-state index contributed by atoms with van der Waals surface area (Å²) in [6.07, 6.45) is 3.95. The lowest BCUT2D eigenvalue weighted by atomic mass is 10.1. The first-order valence-electron chi connectivity index (χ1n) is 9.49. The predicted molar refractivity (Wildman–Crippen MR) is 108 cm³/mol. The van der Waals surface area contributed by atoms with Crippen LogP contribution in [0.3, 0.4) is 0 Å². The molecule has 3 rings (SSSR count). The molecule has 0 spiro atoms. The number of carbonyl (C=O) groups excluding carboxylic acids is 2. The zero-order valence-corrected chi connectivity index (χ0v) is 15.9. The molecule has 0 aliphatic carbocycles. The fraction of sp³-hybridized carbons (Fsp3) is 0.273. The van der Waals surface area contributed by atoms with Gasteiger partial charge in [-0.15, -0.1) is 0 Å². The molecule has 2 aromatic rings. The number of hydrogen-bond donors (Lipinski definition) is 4. The van der Waals surface area contributed by atoms with Crippen LogP contribution < -0.4 is 10.6 Å². The maximum atomic E-state index is 12.5. The lowest BCUT2D eigenvalue weighted by molar-refractivity contribution is -0.144. The molecule has 1 saturated heterocycles. The Hall–Kier alpha value is -3.32. The minimum Gasteiger partial charge on any atom is -0.508 e. The Morgan fingerprint density at radius 1 is 1.03 bits per heavy atom. The van der Waals surface area contributed by atoms with E-state index in [9.17, 15) is 19.8 Å². The number of phenols is 2. The van der Waals surface area contributed by atoms with E-state index in [0.717, 1.165) is 18.5 Å². The molecule has 29 heavy (non-hydrogen) atoms. The van der Waals surface area contributed by atoms with Gasteiger partial charge in [0, 0.05) is 18.2 Å². The molecule has 0 saturated carbocycles. The molecule has 1 heterocycles. The lowest BCUT2D eigenvalue weighted by Gasteiger charge is -2.25. The highest BCUT2D eigenvalue weighted by Gasteiger charge is 2.28. The number of carbonyl (C=O) groups is 2. The molecule has 7 heteroatoms. The topological polar surface area (TPSA) is 108 Å². The number of benzene rings is 2. The SMILES string of the molecule is O=C(/C=C/c1ccc(O)cc1)O[C@@H]1CCCNC[C@H]1NC(=O)c1ccc(O)cc1. The summed E-state index contributed by atoms with van der Waals surface area (Å²) in [7, 11) is 0. The molecular weight excluding hydrogens is 372 g/mol. The van der Waals surface area contributed by atoms with E-state index in [1.807, 2.05) is 0 Å². The second-order valence-electron chi connectivity index (χ2n) is 6.87. The quantitative estimate of drug-likeness (QED) is 0.456. The van der Waals surface area contributed by atoms with Gasteiger partial charge in [0.25, 0.3) is 5.91 Å². The third-order valence-electron chi connectivity index (χ3n) is 4.67. The predicted octanol–water partition coefficient (Wildman–Crippen LogP) is 2.20. The average Bonchev–Trinajstić information content (AvgIpc) is 2.93. The number of hydrogen-bond acceptors (Lipinski definition) is 6. The standard InChI is InChI=1S/C22H24N2O5/c25-17-8-3-15(4-9-17)5-12-21(27)29-20-2-1-13-23-14-19(20)24-22(28)16-6-10-18(26)11-7-16/h3-12,19-20,23,25-26H,1-2,13-14H2,(H,24,28)/b12-5+/t19-,20-/m1/s1. The minimum atomic E-state index is -0.492. The van der Waals surface area contributed by atoms with Crippen molar-refractivity contribution in [3.63, 3.8) is 0 Å². The van der Waals surface area contributed by atoms with Crippen molar-refractivity contribution in [1.82, 2.24) is 10.6 Å². The largest absolute Gasteiger partial charge is 0.508 e. The molecule has 2 aromatic carbocycles. The highest BCUT2D eigenvalue weighted by Crippen LogP contribution is 2.15. The Morgan fingerprint density at radius 2 is 1.69 bits per heavy atom. The van der Waals surface area contributed by atoms with Crippen LogP contribution in [0, 0.1) is 0 Å². The fourth-order valence-corrected chi connectivity index (χ4v) is 3.11. The normalized spacial score (nSPS) is 19.4. The molecule has 0 bridgehead atoms. The molecule has 1 aliphatic heterocycles. The van der Waals surface area contributed by atoms with Crippen LogP contribution in [0.25, 0.3) is 6.08 Å². The molecule has 0 aromatic heterocycles. The summed E-state index contributed by atoms with van der Waals surface area (Å²) < 4.78 is 5.62. The van der Waals surface area contributed by atoms with Crippen molar-refractivity contribution in [3.8, 4) is 11.5 Å². The van der Waals surface area contributed by atoms with Crippen molar-refractivity contribution < 1.29 is 24.5 Å². The maximum Gasteiger partial charge on any atom is 0.331 e. The molecule has 0 radical (unpaired) electrons. The minimum absolute atomic E-state index is 0.0879. The van der Waals surface area contributed by atoms with E-state index in [0.29, 0.717) is 18.5 Å². The van der Waals surface area contributed by atoms with Gasteiger partial charge in [0.1, 0.15) is 17.6 Å². The van der Waals surface area contributed by atoms with Crippen LogP contribution >= 0.6 is 0 Å². The van der Waals surface area contributed by atoms with Gasteiger partial charge in [-0.2, -0.15) is 0 Å². The number of rotatable bonds is 5. The van der Waals surface area contributed by atoms with Crippen LogP contribution in [0.2, 0.25) is 0 Å². The summed E-state index contributed by atoms with van der Waals surface area (Å²) >= 11 is 0. The van der Waals surface area contributed by atoms with Crippen molar-refractivity contribution >= 4 is 18.0 Å². The molecule has 4 N–H and O–H groups in total. The van der Waals surface area contributed by atoms with E-state index in [-0.39, 0.29) is 23.4 Å². The molecule has 2 atom stereocenters. The second kappa shape index (κ2) is 9.75. The Kier molecular flexibility index (Phi) is 6.86. The first-order chi connectivity index (χ1) is 14.0. The smallest absolute Gasteiger partial charge is 0.331 e. The Bertz CT molecular complexity index is 862. The van der Waals surface area contributed by atoms with Crippen LogP contribution in [0.1, 0.15) is 28.8 Å². The summed E-state index contributed by atoms with van der Waals surface area (Å²) in [5.41, 5.74) is 1.18. The van der Waals surface area contributed by atoms with E-state index >= 15 is 0 Å². The van der Waals surface area contributed by atoms with Crippen LogP contribution in [0.5, 0.6) is 11.5 Å². The number of nitrogens with one attached hydrogen (secondary N) is 2. The second-order valence-corrected chi connectivity index (χ2v) is 6.87. The highest BCUT2D eigenvalue weighted by atomic mass is 16.5. The first-order valence-corrected chi connectivity index (χ1v) is 9.49. The van der Waals surface area contributed by atoms with Crippen molar-refractivity contribution in [3.05, 3.63) is 65.7 Å². The number of phenolic OH excluding ortho intramolecular Hbond substituents is 2. The van der Waals surface area contributed by atoms with Gasteiger partial charge in [0.15, 0.2) is 0 Å². The van der Waals surface area contributed by atoms with E-state index in [4.69, 9.17) is 4.74 Å². The monoisotopic (exact) mass is 396 g/mol. The third-order valence-corrected chi connectivity index (χ3v) is 4.67. The van der Waals surface area contributed by atoms with Crippen LogP contribution in [-0.4, -0.2) is 47.3 Å². The summed E-state index contributed by atoms with van der Waals surface area (Å²) in [5.74, 6) is -0.541. The molecule has 1 amide bonds. The van der Waals surface area contributed by atoms with Gasteiger partial charge in [-0.05, 0) is 67.4 Å². The van der Waals surface area contributed by atoms with Gasteiger partial charge in [-0.3, -0.25) is 4.79 Å². The Balaban J connectivity index is 1.63. The number of aromatic hydroxyl groups is 2. The van der Waals surface area contributed by atoms with Crippen molar-refractivity contribution in [2.45, 2.75) is 25.0 Å². The van der Waals surface area contributed by atoms with Gasteiger partial charge in [0.2, 0.25) is 0 Å². The van der Waals surface area contributed by atoms with Gasteiger partial charge >= 0.3 is 5.97 Å². The molecule has 0 unspecified atom stereocenters. The average molecular weight is 396 g/mol. The maximum absolute atomic E-state index is 12.5. The summed E-state index contributed by atoms with van der Waals surface area (Å²) in [6.45, 7) is 1.27. The fourth-order valence-electron chi connectivity index (χ4n) is 3.11. The summed E-state index contributed by atoms with van der Waals surface area (Å²) in [5, 5.41) is 24.8. The third kappa shape index (κ3) is 6.08. The van der Waals surface area contributed by atoms with E-state index in [1.54, 1.807) is 18.2 Å². The molecule has 1 fully saturated rings. The number of esters is 1. The van der Waals surface area contributed by atoms with Crippen LogP contribution in [-0.2, 0) is 9.53 Å². The molecule has 7 nitrogen and oxygen atoms in total. The zero-order chi connectivity index (χ0) is 20.6. The lowest BCUT2D eigenvalue weighted by Crippen LogP contribution is -2.49. The first kappa shape index (κ1) is 20.4. The Morgan fingerprint density at radius 3 is 2.38 bits per heavy atom. The van der Waals surface area contributed by atoms with Crippen LogP contribution in [0.15, 0.2) is 54.6 Å². The van der Waals surface area contributed by atoms with Gasteiger partial charge in [-0.25, -0.2) is 4.79 Å². The van der Waals surface area contributed by atoms with E-state index in [1.165, 1.54) is 42.5 Å². The summed E-state index contributed by atoms with van der Waals surface area (Å²) in [4.78, 5) is 24.8. The van der Waals surface area contributed by atoms with Gasteiger partial charge in [-0.1, -0.05) is 12.1 Å². The van der Waals surface area contributed by atoms with E-state index in [2.05, 4.69) is 10.6 Å². The summed E-state index contributed by atoms with van der Waals surface area (Å²) in [6, 6.07) is 12.1. The van der Waals surface area contributed by atoms with Gasteiger partial charge < -0.3 is 25.6 Å². The Labute approximate surface area is 169 Å². The molecule has 152 valence electrons. The van der Waals surface area contributed by atoms with Crippen molar-refractivity contribution in [2.24, 2.45) is 0 Å². The molecular formula is C22H24N2O5. The highest BCUT2D eigenvalue weighted by molar-refractivity contribution is 5.94.